The summed E-state index contributed by atoms with van der Waals surface area (Å²) in [6.45, 7) is 0.883. The highest BCUT2D eigenvalue weighted by Crippen LogP contribution is 2.70. The van der Waals surface area contributed by atoms with Gasteiger partial charge in [-0.1, -0.05) is 0 Å². The molecule has 1 heterocycles. The molecular weight excluding hydrogens is 198 g/mol. The van der Waals surface area contributed by atoms with Crippen molar-refractivity contribution < 1.29 is 4.74 Å². The van der Waals surface area contributed by atoms with E-state index < -0.39 is 0 Å². The quantitative estimate of drug-likeness (QED) is 0.773. The van der Waals surface area contributed by atoms with Crippen molar-refractivity contribution in [2.45, 2.75) is 38.1 Å². The van der Waals surface area contributed by atoms with Gasteiger partial charge in [0.2, 0.25) is 0 Å². The normalized spacial score (nSPS) is 50.6. The maximum absolute atomic E-state index is 6.40. The maximum atomic E-state index is 6.40. The number of nitrogens with two attached hydrogens (primary N) is 1. The lowest BCUT2D eigenvalue weighted by molar-refractivity contribution is 0.166. The van der Waals surface area contributed by atoms with Crippen LogP contribution in [0.2, 0.25) is 0 Å². The van der Waals surface area contributed by atoms with Crippen LogP contribution in [0.5, 0.6) is 0 Å². The van der Waals surface area contributed by atoms with Gasteiger partial charge in [-0.15, -0.1) is 0 Å². The van der Waals surface area contributed by atoms with Gasteiger partial charge in [-0.2, -0.15) is 0 Å². The minimum atomic E-state index is 0.221. The first-order valence-corrected chi connectivity index (χ1v) is 6.94. The first kappa shape index (κ1) is 9.52. The summed E-state index contributed by atoms with van der Waals surface area (Å²) >= 11 is 0. The monoisotopic (exact) mass is 219 g/mol. The third-order valence-electron chi connectivity index (χ3n) is 5.50. The molecule has 3 aliphatic carbocycles. The molecule has 2 nitrogen and oxygen atoms in total. The van der Waals surface area contributed by atoms with Gasteiger partial charge in [-0.25, -0.2) is 0 Å². The van der Waals surface area contributed by atoms with Crippen molar-refractivity contribution in [1.82, 2.24) is 0 Å². The van der Waals surface area contributed by atoms with E-state index >= 15 is 0 Å². The molecule has 0 aromatic rings. The Kier molecular flexibility index (Phi) is 1.94. The summed E-state index contributed by atoms with van der Waals surface area (Å²) in [5.74, 6) is 5.88. The Balaban J connectivity index is 1.50. The molecule has 88 valence electrons. The molecule has 3 fully saturated rings. The summed E-state index contributed by atoms with van der Waals surface area (Å²) in [6.07, 6.45) is 9.05. The molecule has 2 N–H and O–H groups in total. The van der Waals surface area contributed by atoms with E-state index in [1.807, 2.05) is 0 Å². The molecule has 3 saturated carbocycles. The van der Waals surface area contributed by atoms with Crippen LogP contribution >= 0.6 is 0 Å². The van der Waals surface area contributed by atoms with Crippen molar-refractivity contribution in [3.05, 3.63) is 11.8 Å². The molecule has 4 aliphatic rings. The van der Waals surface area contributed by atoms with Crippen molar-refractivity contribution >= 4 is 0 Å². The lowest BCUT2D eigenvalue weighted by atomic mass is 9.96. The zero-order chi connectivity index (χ0) is 10.7. The summed E-state index contributed by atoms with van der Waals surface area (Å²) in [4.78, 5) is 0. The van der Waals surface area contributed by atoms with Gasteiger partial charge in [0.25, 0.3) is 0 Å². The Morgan fingerprint density at radius 2 is 2.00 bits per heavy atom. The van der Waals surface area contributed by atoms with Crippen molar-refractivity contribution in [1.29, 1.82) is 0 Å². The summed E-state index contributed by atoms with van der Waals surface area (Å²) in [7, 11) is 0. The number of rotatable bonds is 2. The highest BCUT2D eigenvalue weighted by Gasteiger charge is 2.66. The van der Waals surface area contributed by atoms with Crippen molar-refractivity contribution in [3.8, 4) is 0 Å². The average Bonchev–Trinajstić information content (AvgIpc) is 2.77. The van der Waals surface area contributed by atoms with E-state index in [0.717, 1.165) is 48.4 Å². The second kappa shape index (κ2) is 3.25. The van der Waals surface area contributed by atoms with E-state index in [0.29, 0.717) is 0 Å². The van der Waals surface area contributed by atoms with Gasteiger partial charge in [0, 0.05) is 0 Å². The van der Waals surface area contributed by atoms with Crippen molar-refractivity contribution in [3.63, 3.8) is 0 Å². The SMILES string of the molecule is NC(C1=CCCCO1)C1C2C3CCC(C3)C21. The molecule has 1 aliphatic heterocycles. The predicted molar refractivity (Wildman–Crippen MR) is 62.5 cm³/mol. The molecule has 0 spiro atoms. The van der Waals surface area contributed by atoms with E-state index in [2.05, 4.69) is 6.08 Å². The van der Waals surface area contributed by atoms with Crippen LogP contribution in [0.4, 0.5) is 0 Å². The van der Waals surface area contributed by atoms with Crippen LogP contribution in [-0.4, -0.2) is 12.6 Å². The second-order valence-electron chi connectivity index (χ2n) is 6.19. The molecule has 2 bridgehead atoms. The predicted octanol–water partition coefficient (Wildman–Crippen LogP) is 2.30. The zero-order valence-electron chi connectivity index (χ0n) is 9.77. The van der Waals surface area contributed by atoms with Crippen LogP contribution in [0.3, 0.4) is 0 Å². The first-order chi connectivity index (χ1) is 7.86. The molecule has 2 heteroatoms. The largest absolute Gasteiger partial charge is 0.497 e. The molecule has 0 saturated heterocycles. The zero-order valence-corrected chi connectivity index (χ0v) is 9.77. The van der Waals surface area contributed by atoms with Crippen LogP contribution in [0.15, 0.2) is 11.8 Å². The van der Waals surface area contributed by atoms with Gasteiger partial charge in [0.05, 0.1) is 12.6 Å². The van der Waals surface area contributed by atoms with E-state index in [4.69, 9.17) is 10.5 Å². The standard InChI is InChI=1S/C14H21NO/c15-14(10-3-1-2-6-16-10)13-11-8-4-5-9(7-8)12(11)13/h3,8-9,11-14H,1-2,4-7,15H2. The summed E-state index contributed by atoms with van der Waals surface area (Å²) in [5.41, 5.74) is 6.40. The summed E-state index contributed by atoms with van der Waals surface area (Å²) < 4.78 is 5.73. The average molecular weight is 219 g/mol. The van der Waals surface area contributed by atoms with Gasteiger partial charge in [0.1, 0.15) is 5.76 Å². The van der Waals surface area contributed by atoms with Crippen LogP contribution < -0.4 is 5.73 Å². The first-order valence-electron chi connectivity index (χ1n) is 6.94. The highest BCUT2D eigenvalue weighted by molar-refractivity contribution is 5.21. The third-order valence-corrected chi connectivity index (χ3v) is 5.50. The molecule has 0 aromatic heterocycles. The van der Waals surface area contributed by atoms with E-state index in [1.165, 1.54) is 25.7 Å². The van der Waals surface area contributed by atoms with Crippen molar-refractivity contribution in [2.24, 2.45) is 35.3 Å². The smallest absolute Gasteiger partial charge is 0.109 e. The fourth-order valence-electron chi connectivity index (χ4n) is 4.87. The van der Waals surface area contributed by atoms with Gasteiger partial charge >= 0.3 is 0 Å². The Hall–Kier alpha value is -0.500. The van der Waals surface area contributed by atoms with Crippen molar-refractivity contribution in [2.75, 3.05) is 6.61 Å². The van der Waals surface area contributed by atoms with Crippen LogP contribution in [0.25, 0.3) is 0 Å². The van der Waals surface area contributed by atoms with Gasteiger partial charge in [-0.05, 0) is 67.8 Å². The Bertz CT molecular complexity index is 322. The number of hydrogen-bond donors (Lipinski definition) is 1. The Morgan fingerprint density at radius 3 is 2.62 bits per heavy atom. The van der Waals surface area contributed by atoms with E-state index in [-0.39, 0.29) is 6.04 Å². The maximum Gasteiger partial charge on any atom is 0.109 e. The van der Waals surface area contributed by atoms with Gasteiger partial charge in [0.15, 0.2) is 0 Å². The molecule has 5 atom stereocenters. The minimum absolute atomic E-state index is 0.221. The molecule has 5 unspecified atom stereocenters. The lowest BCUT2D eigenvalue weighted by Crippen LogP contribution is -2.30. The Labute approximate surface area is 97.2 Å². The topological polar surface area (TPSA) is 35.2 Å². The second-order valence-corrected chi connectivity index (χ2v) is 6.19. The lowest BCUT2D eigenvalue weighted by Gasteiger charge is -2.22. The third kappa shape index (κ3) is 1.17. The summed E-state index contributed by atoms with van der Waals surface area (Å²) in [5, 5.41) is 0. The van der Waals surface area contributed by atoms with Crippen LogP contribution in [0.1, 0.15) is 32.1 Å². The highest BCUT2D eigenvalue weighted by atomic mass is 16.5. The minimum Gasteiger partial charge on any atom is -0.497 e. The van der Waals surface area contributed by atoms with Gasteiger partial charge in [-0.3, -0.25) is 0 Å². The number of fused-ring (bicyclic) bond motifs is 5. The van der Waals surface area contributed by atoms with Crippen LogP contribution in [-0.2, 0) is 4.74 Å². The van der Waals surface area contributed by atoms with Gasteiger partial charge < -0.3 is 10.5 Å². The van der Waals surface area contributed by atoms with E-state index in [1.54, 1.807) is 0 Å². The number of hydrogen-bond acceptors (Lipinski definition) is 2. The Morgan fingerprint density at radius 1 is 1.25 bits per heavy atom. The number of ether oxygens (including phenoxy) is 1. The molecule has 4 rings (SSSR count). The fraction of sp³-hybridized carbons (Fsp3) is 0.857. The molecule has 16 heavy (non-hydrogen) atoms. The molecule has 0 amide bonds. The fourth-order valence-corrected chi connectivity index (χ4v) is 4.87. The summed E-state index contributed by atoms with van der Waals surface area (Å²) in [6, 6.07) is 0.221. The molecule has 0 aromatic carbocycles. The number of allylic oxidation sites excluding steroid dienone is 1. The van der Waals surface area contributed by atoms with E-state index in [9.17, 15) is 0 Å². The van der Waals surface area contributed by atoms with Crippen LogP contribution in [0, 0.1) is 29.6 Å². The molecular formula is C14H21NO. The molecule has 0 radical (unpaired) electrons.